The molecule has 0 aliphatic carbocycles. The Balaban J connectivity index is 2.06. The summed E-state index contributed by atoms with van der Waals surface area (Å²) >= 11 is 0. The Hall–Kier alpha value is -1.53. The largest absolute Gasteiger partial charge is 0.393 e. The van der Waals surface area contributed by atoms with E-state index in [0.29, 0.717) is 5.92 Å². The van der Waals surface area contributed by atoms with Gasteiger partial charge in [-0.05, 0) is 56.4 Å². The van der Waals surface area contributed by atoms with E-state index in [1.165, 1.54) is 5.69 Å². The lowest BCUT2D eigenvalue weighted by Crippen LogP contribution is -2.37. The van der Waals surface area contributed by atoms with E-state index in [2.05, 4.69) is 17.0 Å². The second-order valence-electron chi connectivity index (χ2n) is 5.18. The van der Waals surface area contributed by atoms with Crippen molar-refractivity contribution in [1.82, 2.24) is 0 Å². The standard InChI is InChI=1S/C15H20N2O/c1-11-9-15(4-3-14(11)10-16)17-7-5-13(6-8-17)12(2)18/h3-4,9,12-13,18H,5-8H2,1-2H3. The molecule has 0 radical (unpaired) electrons. The molecule has 0 aromatic heterocycles. The van der Waals surface area contributed by atoms with Gasteiger partial charge < -0.3 is 10.0 Å². The van der Waals surface area contributed by atoms with Crippen LogP contribution in [0.1, 0.15) is 30.9 Å². The molecule has 0 spiro atoms. The number of aliphatic hydroxyl groups is 1. The van der Waals surface area contributed by atoms with Gasteiger partial charge in [0.15, 0.2) is 0 Å². The molecule has 3 heteroatoms. The van der Waals surface area contributed by atoms with Crippen molar-refractivity contribution in [3.63, 3.8) is 0 Å². The van der Waals surface area contributed by atoms with Gasteiger partial charge in [0.25, 0.3) is 0 Å². The zero-order valence-corrected chi connectivity index (χ0v) is 11.1. The van der Waals surface area contributed by atoms with Crippen LogP contribution in [0, 0.1) is 24.2 Å². The number of rotatable bonds is 2. The molecule has 2 rings (SSSR count). The first-order valence-electron chi connectivity index (χ1n) is 6.55. The smallest absolute Gasteiger partial charge is 0.0994 e. The fourth-order valence-electron chi connectivity index (χ4n) is 2.61. The Labute approximate surface area is 109 Å². The average Bonchev–Trinajstić information content (AvgIpc) is 2.38. The summed E-state index contributed by atoms with van der Waals surface area (Å²) in [6.07, 6.45) is 1.88. The van der Waals surface area contributed by atoms with Crippen molar-refractivity contribution in [3.8, 4) is 6.07 Å². The van der Waals surface area contributed by atoms with Gasteiger partial charge in [0.05, 0.1) is 17.7 Å². The monoisotopic (exact) mass is 244 g/mol. The summed E-state index contributed by atoms with van der Waals surface area (Å²) in [4.78, 5) is 2.34. The number of aliphatic hydroxyl groups excluding tert-OH is 1. The Morgan fingerprint density at radius 1 is 1.39 bits per heavy atom. The van der Waals surface area contributed by atoms with Crippen molar-refractivity contribution in [2.45, 2.75) is 32.8 Å². The second-order valence-corrected chi connectivity index (χ2v) is 5.18. The summed E-state index contributed by atoms with van der Waals surface area (Å²) in [6, 6.07) is 8.20. The molecular formula is C15H20N2O. The summed E-state index contributed by atoms with van der Waals surface area (Å²) in [5, 5.41) is 18.5. The number of benzene rings is 1. The van der Waals surface area contributed by atoms with E-state index >= 15 is 0 Å². The third-order valence-corrected chi connectivity index (χ3v) is 3.92. The third-order valence-electron chi connectivity index (χ3n) is 3.92. The van der Waals surface area contributed by atoms with Gasteiger partial charge in [-0.2, -0.15) is 5.26 Å². The Morgan fingerprint density at radius 2 is 2.06 bits per heavy atom. The number of hydrogen-bond acceptors (Lipinski definition) is 3. The predicted molar refractivity (Wildman–Crippen MR) is 72.5 cm³/mol. The van der Waals surface area contributed by atoms with Crippen molar-refractivity contribution in [1.29, 1.82) is 5.26 Å². The number of hydrogen-bond donors (Lipinski definition) is 1. The molecule has 1 N–H and O–H groups in total. The fraction of sp³-hybridized carbons (Fsp3) is 0.533. The maximum absolute atomic E-state index is 9.59. The molecule has 3 nitrogen and oxygen atoms in total. The van der Waals surface area contributed by atoms with Crippen molar-refractivity contribution in [2.24, 2.45) is 5.92 Å². The minimum Gasteiger partial charge on any atom is -0.393 e. The quantitative estimate of drug-likeness (QED) is 0.869. The van der Waals surface area contributed by atoms with Gasteiger partial charge in [-0.25, -0.2) is 0 Å². The number of nitriles is 1. The SMILES string of the molecule is Cc1cc(N2CCC(C(C)O)CC2)ccc1C#N. The van der Waals surface area contributed by atoms with Crippen molar-refractivity contribution in [3.05, 3.63) is 29.3 Å². The fourth-order valence-corrected chi connectivity index (χ4v) is 2.61. The van der Waals surface area contributed by atoms with Crippen molar-refractivity contribution < 1.29 is 5.11 Å². The van der Waals surface area contributed by atoms with Crippen LogP contribution >= 0.6 is 0 Å². The lowest BCUT2D eigenvalue weighted by Gasteiger charge is -2.35. The number of piperidine rings is 1. The highest BCUT2D eigenvalue weighted by Crippen LogP contribution is 2.26. The van der Waals surface area contributed by atoms with Crippen LogP contribution in [0.5, 0.6) is 0 Å². The summed E-state index contributed by atoms with van der Waals surface area (Å²) < 4.78 is 0. The molecule has 1 aromatic rings. The van der Waals surface area contributed by atoms with Crippen molar-refractivity contribution in [2.75, 3.05) is 18.0 Å². The van der Waals surface area contributed by atoms with Crippen LogP contribution in [0.25, 0.3) is 0 Å². The van der Waals surface area contributed by atoms with Gasteiger partial charge >= 0.3 is 0 Å². The van der Waals surface area contributed by atoms with Gasteiger partial charge in [0.2, 0.25) is 0 Å². The van der Waals surface area contributed by atoms with Crippen LogP contribution < -0.4 is 4.90 Å². The van der Waals surface area contributed by atoms with Crippen LogP contribution in [0.3, 0.4) is 0 Å². The van der Waals surface area contributed by atoms with Crippen molar-refractivity contribution >= 4 is 5.69 Å². The van der Waals surface area contributed by atoms with E-state index in [0.717, 1.165) is 37.1 Å². The number of anilines is 1. The van der Waals surface area contributed by atoms with E-state index in [1.807, 2.05) is 26.0 Å². The summed E-state index contributed by atoms with van der Waals surface area (Å²) in [6.45, 7) is 5.83. The molecule has 96 valence electrons. The molecule has 1 aromatic carbocycles. The predicted octanol–water partition coefficient (Wildman–Crippen LogP) is 2.46. The first kappa shape index (κ1) is 12.9. The molecule has 1 fully saturated rings. The molecule has 0 amide bonds. The number of nitrogens with zero attached hydrogens (tertiary/aromatic N) is 2. The van der Waals surface area contributed by atoms with E-state index in [1.54, 1.807) is 0 Å². The molecule has 0 bridgehead atoms. The minimum absolute atomic E-state index is 0.199. The third kappa shape index (κ3) is 2.65. The van der Waals surface area contributed by atoms with Crippen LogP contribution in [0.15, 0.2) is 18.2 Å². The van der Waals surface area contributed by atoms with E-state index in [-0.39, 0.29) is 6.10 Å². The Bertz CT molecular complexity index is 454. The summed E-state index contributed by atoms with van der Waals surface area (Å²) in [5.74, 6) is 0.431. The summed E-state index contributed by atoms with van der Waals surface area (Å²) in [7, 11) is 0. The summed E-state index contributed by atoms with van der Waals surface area (Å²) in [5.41, 5.74) is 2.97. The highest BCUT2D eigenvalue weighted by Gasteiger charge is 2.22. The molecule has 18 heavy (non-hydrogen) atoms. The normalized spacial score (nSPS) is 18.4. The zero-order valence-electron chi connectivity index (χ0n) is 11.1. The molecule has 1 unspecified atom stereocenters. The van der Waals surface area contributed by atoms with Gasteiger partial charge in [0, 0.05) is 18.8 Å². The second kappa shape index (κ2) is 5.41. The maximum atomic E-state index is 9.59. The molecular weight excluding hydrogens is 224 g/mol. The van der Waals surface area contributed by atoms with Crippen LogP contribution in [-0.4, -0.2) is 24.3 Å². The van der Waals surface area contributed by atoms with Crippen LogP contribution in [0.4, 0.5) is 5.69 Å². The van der Waals surface area contributed by atoms with E-state index in [4.69, 9.17) is 5.26 Å². The van der Waals surface area contributed by atoms with Gasteiger partial charge in [-0.15, -0.1) is 0 Å². The lowest BCUT2D eigenvalue weighted by atomic mass is 9.92. The molecule has 1 aliphatic heterocycles. The molecule has 1 heterocycles. The van der Waals surface area contributed by atoms with Gasteiger partial charge in [0.1, 0.15) is 0 Å². The Kier molecular flexibility index (Phi) is 3.88. The van der Waals surface area contributed by atoms with E-state index in [9.17, 15) is 5.11 Å². The highest BCUT2D eigenvalue weighted by molar-refractivity contribution is 5.53. The van der Waals surface area contributed by atoms with Gasteiger partial charge in [-0.3, -0.25) is 0 Å². The number of aryl methyl sites for hydroxylation is 1. The van der Waals surface area contributed by atoms with Crippen LogP contribution in [0.2, 0.25) is 0 Å². The van der Waals surface area contributed by atoms with E-state index < -0.39 is 0 Å². The highest BCUT2D eigenvalue weighted by atomic mass is 16.3. The first-order valence-corrected chi connectivity index (χ1v) is 6.55. The molecule has 1 atom stereocenters. The minimum atomic E-state index is -0.199. The average molecular weight is 244 g/mol. The first-order chi connectivity index (χ1) is 8.61. The molecule has 0 saturated carbocycles. The Morgan fingerprint density at radius 3 is 2.56 bits per heavy atom. The molecule has 1 aliphatic rings. The lowest BCUT2D eigenvalue weighted by molar-refractivity contribution is 0.110. The van der Waals surface area contributed by atoms with Crippen LogP contribution in [-0.2, 0) is 0 Å². The zero-order chi connectivity index (χ0) is 13.1. The molecule has 1 saturated heterocycles. The topological polar surface area (TPSA) is 47.3 Å². The maximum Gasteiger partial charge on any atom is 0.0994 e. The van der Waals surface area contributed by atoms with Gasteiger partial charge in [-0.1, -0.05) is 0 Å².